The molecule has 0 atom stereocenters. The number of allylic oxidation sites excluding steroid dienone is 1. The summed E-state index contributed by atoms with van der Waals surface area (Å²) in [6.45, 7) is 5.11. The third-order valence-corrected chi connectivity index (χ3v) is 4.07. The molecule has 0 aliphatic heterocycles. The second-order valence-electron chi connectivity index (χ2n) is 5.94. The predicted molar refractivity (Wildman–Crippen MR) is 95.1 cm³/mol. The van der Waals surface area contributed by atoms with Gasteiger partial charge in [0.2, 0.25) is 11.2 Å². The number of fused-ring (bicyclic) bond motifs is 2. The fraction of sp³-hybridized carbons (Fsp3) is 0.158. The number of phenolic OH excluding ortho intramolecular Hbond substituents is 3. The lowest BCUT2D eigenvalue weighted by atomic mass is 10.0. The number of carbonyl (C=O) groups is 1. The maximum Gasteiger partial charge on any atom is 0.204 e. The van der Waals surface area contributed by atoms with Gasteiger partial charge in [-0.15, -0.1) is 0 Å². The van der Waals surface area contributed by atoms with Crippen LogP contribution in [0.3, 0.4) is 0 Å². The van der Waals surface area contributed by atoms with Gasteiger partial charge in [0.1, 0.15) is 22.5 Å². The van der Waals surface area contributed by atoms with E-state index >= 15 is 0 Å². The van der Waals surface area contributed by atoms with Crippen molar-refractivity contribution >= 4 is 27.7 Å². The highest BCUT2D eigenvalue weighted by molar-refractivity contribution is 6.00. The van der Waals surface area contributed by atoms with Gasteiger partial charge in [-0.1, -0.05) is 6.58 Å². The lowest BCUT2D eigenvalue weighted by Gasteiger charge is -2.12. The third-order valence-electron chi connectivity index (χ3n) is 4.07. The van der Waals surface area contributed by atoms with E-state index in [1.165, 1.54) is 19.2 Å². The first-order valence-corrected chi connectivity index (χ1v) is 7.64. The van der Waals surface area contributed by atoms with Crippen molar-refractivity contribution in [1.82, 2.24) is 0 Å². The summed E-state index contributed by atoms with van der Waals surface area (Å²) in [7, 11) is 1.28. The average Bonchev–Trinajstić information content (AvgIpc) is 2.55. The molecule has 3 N–H and O–H groups in total. The molecular formula is C19H16O7. The van der Waals surface area contributed by atoms with Gasteiger partial charge in [-0.25, -0.2) is 0 Å². The molecule has 2 aromatic carbocycles. The number of methoxy groups -OCH3 is 1. The normalized spacial score (nSPS) is 11.0. The zero-order valence-corrected chi connectivity index (χ0v) is 14.1. The Morgan fingerprint density at radius 2 is 1.92 bits per heavy atom. The molecule has 0 unspecified atom stereocenters. The maximum absolute atomic E-state index is 12.8. The molecule has 7 heteroatoms. The molecule has 26 heavy (non-hydrogen) atoms. The van der Waals surface area contributed by atoms with Crippen molar-refractivity contribution in [2.45, 2.75) is 13.3 Å². The van der Waals surface area contributed by atoms with Gasteiger partial charge in [-0.2, -0.15) is 0 Å². The van der Waals surface area contributed by atoms with Crippen molar-refractivity contribution in [3.8, 4) is 23.0 Å². The van der Waals surface area contributed by atoms with E-state index in [2.05, 4.69) is 6.58 Å². The van der Waals surface area contributed by atoms with Crippen molar-refractivity contribution in [2.75, 3.05) is 7.11 Å². The fourth-order valence-electron chi connectivity index (χ4n) is 2.74. The first kappa shape index (κ1) is 17.3. The number of hydrogen-bond donors (Lipinski definition) is 3. The molecule has 0 amide bonds. The summed E-state index contributed by atoms with van der Waals surface area (Å²) in [6, 6.07) is 3.52. The Hall–Kier alpha value is -3.48. The van der Waals surface area contributed by atoms with E-state index in [-0.39, 0.29) is 57.0 Å². The van der Waals surface area contributed by atoms with Crippen LogP contribution in [0.4, 0.5) is 0 Å². The zero-order valence-electron chi connectivity index (χ0n) is 14.1. The quantitative estimate of drug-likeness (QED) is 0.486. The SMILES string of the molecule is C=C(C)C(=O)Cc1cc2c(=O)c3c(O)cc(O)cc3oc2c(OC)c1O. The first-order chi connectivity index (χ1) is 12.2. The van der Waals surface area contributed by atoms with E-state index in [9.17, 15) is 24.9 Å². The van der Waals surface area contributed by atoms with E-state index in [0.717, 1.165) is 6.07 Å². The molecule has 3 rings (SSSR count). The molecule has 0 fully saturated rings. The highest BCUT2D eigenvalue weighted by Gasteiger charge is 2.22. The highest BCUT2D eigenvalue weighted by Crippen LogP contribution is 2.40. The summed E-state index contributed by atoms with van der Waals surface area (Å²) in [5.74, 6) is -1.48. The summed E-state index contributed by atoms with van der Waals surface area (Å²) in [5, 5.41) is 29.9. The molecule has 1 heterocycles. The van der Waals surface area contributed by atoms with Gasteiger partial charge in [-0.3, -0.25) is 9.59 Å². The van der Waals surface area contributed by atoms with Crippen LogP contribution in [0.1, 0.15) is 12.5 Å². The Balaban J connectivity index is 2.42. The number of aromatic hydroxyl groups is 3. The average molecular weight is 356 g/mol. The topological polar surface area (TPSA) is 117 Å². The Bertz CT molecular complexity index is 1140. The Kier molecular flexibility index (Phi) is 4.07. The molecule has 1 aromatic heterocycles. The molecule has 0 aliphatic carbocycles. The lowest BCUT2D eigenvalue weighted by Crippen LogP contribution is -2.08. The molecule has 0 spiro atoms. The minimum Gasteiger partial charge on any atom is -0.508 e. The molecule has 0 bridgehead atoms. The standard InChI is InChI=1S/C19H16O7/c1-8(2)12(21)5-9-4-11-17(24)15-13(22)6-10(20)7-14(15)26-18(11)19(25-3)16(9)23/h4,6-7,20,22-23H,1,5H2,2-3H3. The van der Waals surface area contributed by atoms with E-state index in [1.54, 1.807) is 6.92 Å². The van der Waals surface area contributed by atoms with Gasteiger partial charge < -0.3 is 24.5 Å². The lowest BCUT2D eigenvalue weighted by molar-refractivity contribution is -0.114. The van der Waals surface area contributed by atoms with Crippen LogP contribution in [-0.4, -0.2) is 28.2 Å². The number of Topliss-reactive ketones (excluding diaryl/α,β-unsaturated/α-hetero) is 1. The summed E-state index contributed by atoms with van der Waals surface area (Å²) in [4.78, 5) is 24.8. The summed E-state index contributed by atoms with van der Waals surface area (Å²) >= 11 is 0. The number of carbonyl (C=O) groups excluding carboxylic acids is 1. The minimum absolute atomic E-state index is 0.0256. The summed E-state index contributed by atoms with van der Waals surface area (Å²) in [6.07, 6.45) is -0.174. The molecule has 0 saturated heterocycles. The Labute approximate surface area is 147 Å². The van der Waals surface area contributed by atoms with Crippen LogP contribution >= 0.6 is 0 Å². The molecule has 0 radical (unpaired) electrons. The van der Waals surface area contributed by atoms with Gasteiger partial charge in [0.05, 0.1) is 12.5 Å². The predicted octanol–water partition coefficient (Wildman–Crippen LogP) is 2.76. The largest absolute Gasteiger partial charge is 0.508 e. The van der Waals surface area contributed by atoms with Crippen molar-refractivity contribution in [2.24, 2.45) is 0 Å². The summed E-state index contributed by atoms with van der Waals surface area (Å²) in [5.41, 5.74) is -0.224. The summed E-state index contributed by atoms with van der Waals surface area (Å²) < 4.78 is 10.8. The van der Waals surface area contributed by atoms with E-state index < -0.39 is 11.2 Å². The first-order valence-electron chi connectivity index (χ1n) is 7.64. The highest BCUT2D eigenvalue weighted by atomic mass is 16.5. The Morgan fingerprint density at radius 1 is 1.23 bits per heavy atom. The number of ether oxygens (including phenoxy) is 1. The number of rotatable bonds is 4. The molecule has 134 valence electrons. The molecule has 7 nitrogen and oxygen atoms in total. The molecule has 3 aromatic rings. The van der Waals surface area contributed by atoms with Crippen molar-refractivity contribution in [1.29, 1.82) is 0 Å². The third kappa shape index (κ3) is 2.63. The maximum atomic E-state index is 12.8. The second-order valence-corrected chi connectivity index (χ2v) is 5.94. The van der Waals surface area contributed by atoms with Crippen molar-refractivity contribution in [3.63, 3.8) is 0 Å². The number of benzene rings is 2. The number of phenols is 3. The van der Waals surface area contributed by atoms with E-state index in [4.69, 9.17) is 9.15 Å². The van der Waals surface area contributed by atoms with Crippen molar-refractivity contribution in [3.05, 3.63) is 46.1 Å². The number of ketones is 1. The van der Waals surface area contributed by atoms with Gasteiger partial charge in [0.15, 0.2) is 17.1 Å². The molecular weight excluding hydrogens is 340 g/mol. The van der Waals surface area contributed by atoms with Crippen LogP contribution in [0.15, 0.2) is 39.6 Å². The van der Waals surface area contributed by atoms with Crippen molar-refractivity contribution < 1.29 is 29.3 Å². The minimum atomic E-state index is -0.582. The van der Waals surface area contributed by atoms with Crippen LogP contribution in [0, 0.1) is 0 Å². The van der Waals surface area contributed by atoms with Crippen LogP contribution in [0.2, 0.25) is 0 Å². The van der Waals surface area contributed by atoms with Gasteiger partial charge >= 0.3 is 0 Å². The Morgan fingerprint density at radius 3 is 2.54 bits per heavy atom. The second kappa shape index (κ2) is 6.11. The zero-order chi connectivity index (χ0) is 19.2. The number of hydrogen-bond acceptors (Lipinski definition) is 7. The van der Waals surface area contributed by atoms with Crippen LogP contribution in [0.25, 0.3) is 21.9 Å². The molecule has 0 saturated carbocycles. The van der Waals surface area contributed by atoms with Gasteiger partial charge in [0, 0.05) is 24.1 Å². The van der Waals surface area contributed by atoms with Gasteiger partial charge in [0.25, 0.3) is 0 Å². The van der Waals surface area contributed by atoms with Crippen LogP contribution in [-0.2, 0) is 11.2 Å². The van der Waals surface area contributed by atoms with Crippen LogP contribution in [0.5, 0.6) is 23.0 Å². The monoisotopic (exact) mass is 356 g/mol. The van der Waals surface area contributed by atoms with Crippen LogP contribution < -0.4 is 10.2 Å². The van der Waals surface area contributed by atoms with E-state index in [0.29, 0.717) is 5.57 Å². The fourth-order valence-corrected chi connectivity index (χ4v) is 2.74. The smallest absolute Gasteiger partial charge is 0.204 e. The van der Waals surface area contributed by atoms with E-state index in [1.807, 2.05) is 0 Å². The molecule has 0 aliphatic rings. The van der Waals surface area contributed by atoms with Gasteiger partial charge in [-0.05, 0) is 18.6 Å².